The van der Waals surface area contributed by atoms with Gasteiger partial charge < -0.3 is 5.32 Å². The second-order valence-corrected chi connectivity index (χ2v) is 6.60. The lowest BCUT2D eigenvalue weighted by atomic mass is 9.95. The van der Waals surface area contributed by atoms with Gasteiger partial charge in [-0.05, 0) is 38.8 Å². The normalized spacial score (nSPS) is 15.2. The molecule has 6 heteroatoms. The minimum absolute atomic E-state index is 0.0943. The summed E-state index contributed by atoms with van der Waals surface area (Å²) in [6.07, 6.45) is 5.22. The van der Waals surface area contributed by atoms with Crippen molar-refractivity contribution in [2.75, 3.05) is 0 Å². The van der Waals surface area contributed by atoms with Crippen LogP contribution in [-0.2, 0) is 0 Å². The number of carbonyl (C=O) groups excluding carboxylic acids is 2. The lowest BCUT2D eigenvalue weighted by Gasteiger charge is -2.35. The van der Waals surface area contributed by atoms with Crippen LogP contribution in [0.4, 0.5) is 4.79 Å². The van der Waals surface area contributed by atoms with Crippen molar-refractivity contribution in [2.24, 2.45) is 0 Å². The van der Waals surface area contributed by atoms with Crippen LogP contribution in [0.25, 0.3) is 0 Å². The molecule has 2 N–H and O–H groups in total. The number of nitrogens with zero attached hydrogens (tertiary/aromatic N) is 2. The molecule has 0 aromatic heterocycles. The second kappa shape index (κ2) is 7.82. The molecule has 0 spiro atoms. The number of carbonyl (C=O) groups is 2. The third-order valence-corrected chi connectivity index (χ3v) is 4.22. The van der Waals surface area contributed by atoms with Gasteiger partial charge in [0.15, 0.2) is 0 Å². The van der Waals surface area contributed by atoms with Crippen LogP contribution in [0.1, 0.15) is 56.3 Å². The molecule has 1 saturated carbocycles. The van der Waals surface area contributed by atoms with Gasteiger partial charge in [0.05, 0.1) is 6.07 Å². The van der Waals surface area contributed by atoms with Crippen LogP contribution in [-0.4, -0.2) is 28.5 Å². The van der Waals surface area contributed by atoms with E-state index in [1.807, 2.05) is 6.07 Å². The number of benzene rings is 1. The zero-order valence-electron chi connectivity index (χ0n) is 14.2. The minimum Gasteiger partial charge on any atom is -0.334 e. The molecule has 0 saturated heterocycles. The van der Waals surface area contributed by atoms with Crippen molar-refractivity contribution in [1.29, 1.82) is 5.26 Å². The Morgan fingerprint density at radius 2 is 1.79 bits per heavy atom. The Morgan fingerprint density at radius 3 is 2.38 bits per heavy atom. The summed E-state index contributed by atoms with van der Waals surface area (Å²) in [7, 11) is 0. The van der Waals surface area contributed by atoms with E-state index in [0.29, 0.717) is 5.56 Å². The predicted molar refractivity (Wildman–Crippen MR) is 90.8 cm³/mol. The highest BCUT2D eigenvalue weighted by atomic mass is 16.2. The molecule has 24 heavy (non-hydrogen) atoms. The predicted octanol–water partition coefficient (Wildman–Crippen LogP) is 2.98. The molecule has 3 amide bonds. The molecule has 0 bridgehead atoms. The monoisotopic (exact) mass is 328 g/mol. The van der Waals surface area contributed by atoms with Crippen molar-refractivity contribution in [3.8, 4) is 6.07 Å². The van der Waals surface area contributed by atoms with Crippen molar-refractivity contribution in [2.45, 2.75) is 57.5 Å². The molecular formula is C18H24N4O2. The summed E-state index contributed by atoms with van der Waals surface area (Å²) in [5, 5.41) is 13.4. The number of hydrogen-bond donors (Lipinski definition) is 2. The maximum absolute atomic E-state index is 12.6. The summed E-state index contributed by atoms with van der Waals surface area (Å²) in [5.41, 5.74) is 1.84. The Hall–Kier alpha value is -2.55. The third-order valence-electron chi connectivity index (χ3n) is 4.22. The molecule has 0 unspecified atom stereocenters. The molecule has 0 heterocycles. The zero-order chi connectivity index (χ0) is 17.6. The largest absolute Gasteiger partial charge is 0.337 e. The zero-order valence-corrected chi connectivity index (χ0v) is 14.2. The number of amides is 3. The maximum Gasteiger partial charge on any atom is 0.337 e. The smallest absolute Gasteiger partial charge is 0.334 e. The highest BCUT2D eigenvalue weighted by molar-refractivity contribution is 5.95. The fourth-order valence-corrected chi connectivity index (χ4v) is 2.74. The number of hydrogen-bond acceptors (Lipinski definition) is 3. The van der Waals surface area contributed by atoms with Crippen LogP contribution in [0.5, 0.6) is 0 Å². The van der Waals surface area contributed by atoms with Crippen LogP contribution in [0.15, 0.2) is 30.3 Å². The van der Waals surface area contributed by atoms with Gasteiger partial charge in [-0.15, -0.1) is 0 Å². The average Bonchev–Trinajstić information content (AvgIpc) is 2.60. The van der Waals surface area contributed by atoms with Gasteiger partial charge in [-0.3, -0.25) is 10.2 Å². The molecule has 0 radical (unpaired) electrons. The van der Waals surface area contributed by atoms with E-state index < -0.39 is 17.5 Å². The van der Waals surface area contributed by atoms with Gasteiger partial charge in [0.25, 0.3) is 5.91 Å². The summed E-state index contributed by atoms with van der Waals surface area (Å²) in [5.74, 6) is -0.419. The van der Waals surface area contributed by atoms with E-state index >= 15 is 0 Å². The first-order valence-electron chi connectivity index (χ1n) is 8.32. The topological polar surface area (TPSA) is 85.2 Å². The standard InChI is InChI=1S/C18H24N4O2/c1-18(2,13-19)22(17(24)20-15-11-7-4-8-12-15)21-16(23)14-9-5-3-6-10-14/h3,5-6,9-10,15H,4,7-8,11-12H2,1-2H3,(H,20,24)(H,21,23). The number of urea groups is 1. The minimum atomic E-state index is -1.16. The lowest BCUT2D eigenvalue weighted by Crippen LogP contribution is -2.61. The number of nitrogens with one attached hydrogen (secondary N) is 2. The summed E-state index contributed by atoms with van der Waals surface area (Å²) in [6, 6.07) is 10.3. The molecule has 0 aliphatic heterocycles. The van der Waals surface area contributed by atoms with Crippen molar-refractivity contribution in [1.82, 2.24) is 15.8 Å². The molecule has 2 rings (SSSR count). The molecular weight excluding hydrogens is 304 g/mol. The van der Waals surface area contributed by atoms with E-state index in [9.17, 15) is 14.9 Å². The van der Waals surface area contributed by atoms with Crippen LogP contribution in [0.2, 0.25) is 0 Å². The molecule has 1 aliphatic rings. The summed E-state index contributed by atoms with van der Waals surface area (Å²) >= 11 is 0. The van der Waals surface area contributed by atoms with Gasteiger partial charge in [-0.2, -0.15) is 5.26 Å². The van der Waals surface area contributed by atoms with Crippen molar-refractivity contribution in [3.05, 3.63) is 35.9 Å². The van der Waals surface area contributed by atoms with Crippen molar-refractivity contribution in [3.63, 3.8) is 0 Å². The second-order valence-electron chi connectivity index (χ2n) is 6.60. The number of hydrazine groups is 1. The molecule has 6 nitrogen and oxygen atoms in total. The van der Waals surface area contributed by atoms with Gasteiger partial charge in [-0.1, -0.05) is 37.5 Å². The molecule has 128 valence electrons. The van der Waals surface area contributed by atoms with E-state index in [0.717, 1.165) is 30.7 Å². The van der Waals surface area contributed by atoms with Crippen LogP contribution in [0, 0.1) is 11.3 Å². The first-order chi connectivity index (χ1) is 11.4. The fraction of sp³-hybridized carbons (Fsp3) is 0.500. The Labute approximate surface area is 142 Å². The van der Waals surface area contributed by atoms with E-state index in [1.165, 1.54) is 6.42 Å². The summed E-state index contributed by atoms with van der Waals surface area (Å²) < 4.78 is 0. The van der Waals surface area contributed by atoms with Crippen LogP contribution >= 0.6 is 0 Å². The van der Waals surface area contributed by atoms with E-state index in [4.69, 9.17) is 0 Å². The highest BCUT2D eigenvalue weighted by Gasteiger charge is 2.34. The fourth-order valence-electron chi connectivity index (χ4n) is 2.74. The van der Waals surface area contributed by atoms with Gasteiger partial charge in [-0.25, -0.2) is 9.80 Å². The van der Waals surface area contributed by atoms with Crippen molar-refractivity contribution < 1.29 is 9.59 Å². The van der Waals surface area contributed by atoms with Gasteiger partial charge in [0, 0.05) is 11.6 Å². The Balaban J connectivity index is 2.11. The van der Waals surface area contributed by atoms with E-state index in [1.54, 1.807) is 38.1 Å². The summed E-state index contributed by atoms with van der Waals surface area (Å²) in [4.78, 5) is 25.0. The van der Waals surface area contributed by atoms with Gasteiger partial charge >= 0.3 is 6.03 Å². The summed E-state index contributed by atoms with van der Waals surface area (Å²) in [6.45, 7) is 3.19. The average molecular weight is 328 g/mol. The Kier molecular flexibility index (Phi) is 5.80. The third kappa shape index (κ3) is 4.48. The lowest BCUT2D eigenvalue weighted by molar-refractivity contribution is 0.0708. The van der Waals surface area contributed by atoms with Crippen LogP contribution < -0.4 is 10.7 Å². The maximum atomic E-state index is 12.6. The molecule has 1 aromatic carbocycles. The highest BCUT2D eigenvalue weighted by Crippen LogP contribution is 2.19. The molecule has 1 aromatic rings. The van der Waals surface area contributed by atoms with Crippen LogP contribution in [0.3, 0.4) is 0 Å². The Bertz CT molecular complexity index is 616. The van der Waals surface area contributed by atoms with E-state index in [-0.39, 0.29) is 6.04 Å². The first kappa shape index (κ1) is 17.8. The number of nitriles is 1. The molecule has 0 atom stereocenters. The number of rotatable bonds is 3. The SMILES string of the molecule is CC(C)(C#N)N(NC(=O)c1ccccc1)C(=O)NC1CCCCC1. The van der Waals surface area contributed by atoms with Crippen molar-refractivity contribution >= 4 is 11.9 Å². The molecule has 1 aliphatic carbocycles. The quantitative estimate of drug-likeness (QED) is 0.837. The van der Waals surface area contributed by atoms with Gasteiger partial charge in [0.1, 0.15) is 5.54 Å². The molecule has 1 fully saturated rings. The van der Waals surface area contributed by atoms with E-state index in [2.05, 4.69) is 16.8 Å². The van der Waals surface area contributed by atoms with Gasteiger partial charge in [0.2, 0.25) is 0 Å². The first-order valence-corrected chi connectivity index (χ1v) is 8.32. The Morgan fingerprint density at radius 1 is 1.17 bits per heavy atom.